The van der Waals surface area contributed by atoms with Gasteiger partial charge in [0.05, 0.1) is 4.90 Å². The molecule has 3 aromatic rings. The number of nitrogen functional groups attached to an aromatic ring is 1. The number of rotatable bonds is 1. The minimum absolute atomic E-state index is 0.0666. The number of imidazole rings is 1. The van der Waals surface area contributed by atoms with E-state index in [1.807, 2.05) is 29.9 Å². The number of fused-ring (bicyclic) bond motifs is 6. The average Bonchev–Trinajstić information content (AvgIpc) is 3.33. The Morgan fingerprint density at radius 1 is 1.19 bits per heavy atom. The second-order valence-corrected chi connectivity index (χ2v) is 9.95. The van der Waals surface area contributed by atoms with Gasteiger partial charge in [-0.3, -0.25) is 4.55 Å². The van der Waals surface area contributed by atoms with E-state index in [2.05, 4.69) is 9.97 Å². The molecule has 5 heterocycles. The number of aromatic nitrogens is 4. The van der Waals surface area contributed by atoms with Crippen molar-refractivity contribution in [1.82, 2.24) is 14.5 Å². The SMILES string of the molecule is CC1(C)OC2C3C[n+]4cnc(N)c5ncn(c54)C(O3)C2O1.Cc1ccc(S(=O)(=O)O)cc1. The van der Waals surface area contributed by atoms with E-state index >= 15 is 0 Å². The minimum atomic E-state index is -4.02. The molecule has 0 aliphatic carbocycles. The van der Waals surface area contributed by atoms with Crippen molar-refractivity contribution in [3.8, 4) is 0 Å². The van der Waals surface area contributed by atoms with Gasteiger partial charge in [-0.15, -0.1) is 0 Å². The van der Waals surface area contributed by atoms with Gasteiger partial charge in [-0.05, 0) is 32.9 Å². The van der Waals surface area contributed by atoms with E-state index in [-0.39, 0.29) is 29.4 Å². The normalized spacial score (nSPS) is 27.5. The van der Waals surface area contributed by atoms with E-state index in [1.54, 1.807) is 24.8 Å². The molecule has 6 rings (SSSR count). The Morgan fingerprint density at radius 2 is 1.88 bits per heavy atom. The highest BCUT2D eigenvalue weighted by atomic mass is 32.2. The van der Waals surface area contributed by atoms with Crippen molar-refractivity contribution in [2.75, 3.05) is 5.73 Å². The maximum atomic E-state index is 10.5. The topological polar surface area (TPSA) is 143 Å². The van der Waals surface area contributed by atoms with Gasteiger partial charge >= 0.3 is 0 Å². The molecule has 3 N–H and O–H groups in total. The number of nitrogens with two attached hydrogens (primary N) is 1. The maximum Gasteiger partial charge on any atom is 0.294 e. The molecule has 12 heteroatoms. The van der Waals surface area contributed by atoms with Crippen LogP contribution in [-0.4, -0.2) is 51.6 Å². The molecular weight excluding hydrogens is 438 g/mol. The Hall–Kier alpha value is -2.64. The first-order valence-electron chi connectivity index (χ1n) is 10.1. The van der Waals surface area contributed by atoms with Crippen LogP contribution in [0.2, 0.25) is 0 Å². The monoisotopic (exact) mass is 462 g/mol. The van der Waals surface area contributed by atoms with Crippen LogP contribution >= 0.6 is 0 Å². The lowest BCUT2D eigenvalue weighted by Crippen LogP contribution is -2.46. The molecule has 0 amide bonds. The first kappa shape index (κ1) is 21.2. The molecule has 11 nitrogen and oxygen atoms in total. The van der Waals surface area contributed by atoms with Crippen LogP contribution in [-0.2, 0) is 30.9 Å². The number of benzene rings is 1. The van der Waals surface area contributed by atoms with Gasteiger partial charge < -0.3 is 19.9 Å². The van der Waals surface area contributed by atoms with E-state index in [1.165, 1.54) is 12.1 Å². The summed E-state index contributed by atoms with van der Waals surface area (Å²) in [6.45, 7) is 6.35. The van der Waals surface area contributed by atoms with Gasteiger partial charge in [-0.25, -0.2) is 14.1 Å². The molecule has 2 saturated heterocycles. The van der Waals surface area contributed by atoms with Crippen molar-refractivity contribution in [2.24, 2.45) is 0 Å². The lowest BCUT2D eigenvalue weighted by atomic mass is 10.1. The number of ether oxygens (including phenoxy) is 3. The molecule has 170 valence electrons. The van der Waals surface area contributed by atoms with Gasteiger partial charge in [-0.1, -0.05) is 22.7 Å². The zero-order valence-corrected chi connectivity index (χ0v) is 18.6. The van der Waals surface area contributed by atoms with E-state index in [0.717, 1.165) is 11.2 Å². The highest BCUT2D eigenvalue weighted by Gasteiger charge is 2.59. The Morgan fingerprint density at radius 3 is 2.56 bits per heavy atom. The summed E-state index contributed by atoms with van der Waals surface area (Å²) in [5.74, 6) is -0.161. The first-order valence-corrected chi connectivity index (χ1v) is 11.5. The number of hydrogen-bond acceptors (Lipinski definition) is 8. The van der Waals surface area contributed by atoms with Crippen molar-refractivity contribution in [1.29, 1.82) is 0 Å². The fourth-order valence-electron chi connectivity index (χ4n) is 4.32. The summed E-state index contributed by atoms with van der Waals surface area (Å²) in [5.41, 5.74) is 8.49. The molecule has 4 atom stereocenters. The summed E-state index contributed by atoms with van der Waals surface area (Å²) in [4.78, 5) is 8.51. The Kier molecular flexibility index (Phi) is 4.76. The molecular formula is C20H24N5O6S+. The Labute approximate surface area is 184 Å². The number of nitrogens with zero attached hydrogens (tertiary/aromatic N) is 4. The predicted octanol–water partition coefficient (Wildman–Crippen LogP) is 0.974. The van der Waals surface area contributed by atoms with Crippen LogP contribution in [0, 0.1) is 6.92 Å². The molecule has 2 aromatic heterocycles. The van der Waals surface area contributed by atoms with Crippen molar-refractivity contribution >= 4 is 27.1 Å². The molecule has 4 unspecified atom stereocenters. The molecule has 1 aromatic carbocycles. The minimum Gasteiger partial charge on any atom is -0.368 e. The van der Waals surface area contributed by atoms with E-state index in [0.29, 0.717) is 17.9 Å². The quantitative estimate of drug-likeness (QED) is 0.399. The van der Waals surface area contributed by atoms with Gasteiger partial charge in [0.2, 0.25) is 18.4 Å². The molecule has 3 aliphatic heterocycles. The lowest BCUT2D eigenvalue weighted by molar-refractivity contribution is -0.682. The number of aryl methyl sites for hydroxylation is 1. The third-order valence-corrected chi connectivity index (χ3v) is 6.58. The van der Waals surface area contributed by atoms with Gasteiger partial charge in [0.15, 0.2) is 17.6 Å². The summed E-state index contributed by atoms with van der Waals surface area (Å²) in [5, 5.41) is 0. The highest BCUT2D eigenvalue weighted by Crippen LogP contribution is 2.44. The van der Waals surface area contributed by atoms with Crippen molar-refractivity contribution in [2.45, 2.75) is 62.5 Å². The Bertz CT molecular complexity index is 1290. The van der Waals surface area contributed by atoms with E-state index in [4.69, 9.17) is 24.5 Å². The van der Waals surface area contributed by atoms with Gasteiger partial charge in [0, 0.05) is 0 Å². The standard InChI is InChI=1S/C13H15N5O3.C7H8O3S/c1-13(2)20-8-6-3-17-4-16-10(14)7-11(17)18(5-15-7)12(19-6)9(8)21-13;1-6-2-4-7(5-3-6)11(8,9)10/h4-6,8-9,12,14H,3H2,1-2H3;2-5H,1H3,(H,8,9,10)/p+1. The lowest BCUT2D eigenvalue weighted by Gasteiger charge is -2.21. The zero-order chi connectivity index (χ0) is 22.8. The Balaban J connectivity index is 0.000000168. The third kappa shape index (κ3) is 3.53. The maximum absolute atomic E-state index is 10.5. The summed E-state index contributed by atoms with van der Waals surface area (Å²) in [7, 11) is -4.02. The van der Waals surface area contributed by atoms with Crippen LogP contribution < -0.4 is 10.3 Å². The summed E-state index contributed by atoms with van der Waals surface area (Å²) < 4.78 is 51.7. The van der Waals surface area contributed by atoms with Gasteiger partial charge in [0.25, 0.3) is 15.8 Å². The van der Waals surface area contributed by atoms with E-state index < -0.39 is 15.9 Å². The van der Waals surface area contributed by atoms with Crippen LogP contribution in [0.3, 0.4) is 0 Å². The predicted molar refractivity (Wildman–Crippen MR) is 111 cm³/mol. The van der Waals surface area contributed by atoms with Gasteiger partial charge in [0.1, 0.15) is 24.9 Å². The molecule has 2 bridgehead atoms. The van der Waals surface area contributed by atoms with Crippen molar-refractivity contribution in [3.05, 3.63) is 42.5 Å². The van der Waals surface area contributed by atoms with Crippen LogP contribution in [0.25, 0.3) is 11.2 Å². The van der Waals surface area contributed by atoms with Gasteiger partial charge in [-0.2, -0.15) is 8.42 Å². The first-order chi connectivity index (χ1) is 15.0. The zero-order valence-electron chi connectivity index (χ0n) is 17.7. The van der Waals surface area contributed by atoms with Crippen LogP contribution in [0.4, 0.5) is 5.82 Å². The fraction of sp³-hybridized carbons (Fsp3) is 0.450. The molecule has 2 fully saturated rings. The smallest absolute Gasteiger partial charge is 0.294 e. The molecule has 3 aliphatic rings. The third-order valence-electron chi connectivity index (χ3n) is 5.71. The fourth-order valence-corrected chi connectivity index (χ4v) is 4.80. The van der Waals surface area contributed by atoms with Crippen LogP contribution in [0.1, 0.15) is 25.6 Å². The molecule has 32 heavy (non-hydrogen) atoms. The summed E-state index contributed by atoms with van der Waals surface area (Å²) in [6.07, 6.45) is 2.94. The van der Waals surface area contributed by atoms with E-state index in [9.17, 15) is 8.42 Å². The molecule has 0 saturated carbocycles. The summed E-state index contributed by atoms with van der Waals surface area (Å²) in [6, 6.07) is 5.99. The molecule has 0 radical (unpaired) electrons. The second kappa shape index (κ2) is 7.18. The van der Waals surface area contributed by atoms with Crippen molar-refractivity contribution < 1.29 is 31.7 Å². The van der Waals surface area contributed by atoms with Crippen molar-refractivity contribution in [3.63, 3.8) is 0 Å². The number of anilines is 1. The largest absolute Gasteiger partial charge is 0.368 e. The van der Waals surface area contributed by atoms with Crippen LogP contribution in [0.5, 0.6) is 0 Å². The summed E-state index contributed by atoms with van der Waals surface area (Å²) >= 11 is 0. The second-order valence-electron chi connectivity index (χ2n) is 8.52. The van der Waals surface area contributed by atoms with Crippen LogP contribution in [0.15, 0.2) is 41.8 Å². The molecule has 0 spiro atoms. The number of hydrogen-bond donors (Lipinski definition) is 2. The average molecular weight is 463 g/mol. The highest BCUT2D eigenvalue weighted by molar-refractivity contribution is 7.85.